The maximum absolute atomic E-state index is 9.72. The lowest BCUT2D eigenvalue weighted by Crippen LogP contribution is -2.34. The Morgan fingerprint density at radius 3 is 2.97 bits per heavy atom. The highest BCUT2D eigenvalue weighted by atomic mass is 16.3. The molecule has 5 heterocycles. The second-order valence-corrected chi connectivity index (χ2v) is 7.91. The summed E-state index contributed by atoms with van der Waals surface area (Å²) < 4.78 is 3.79. The molecule has 0 radical (unpaired) electrons. The van der Waals surface area contributed by atoms with E-state index in [0.717, 1.165) is 41.5 Å². The van der Waals surface area contributed by atoms with E-state index in [2.05, 4.69) is 31.3 Å². The van der Waals surface area contributed by atoms with E-state index in [1.165, 1.54) is 0 Å². The molecule has 5 aromatic rings. The van der Waals surface area contributed by atoms with Crippen LogP contribution in [-0.2, 0) is 0 Å². The summed E-state index contributed by atoms with van der Waals surface area (Å²) >= 11 is 0. The highest BCUT2D eigenvalue weighted by Crippen LogP contribution is 2.27. The number of rotatable bonds is 5. The van der Waals surface area contributed by atoms with Gasteiger partial charge in [-0.05, 0) is 37.1 Å². The first-order valence-electron chi connectivity index (χ1n) is 10.7. The molecule has 0 saturated carbocycles. The highest BCUT2D eigenvalue weighted by molar-refractivity contribution is 5.87. The summed E-state index contributed by atoms with van der Waals surface area (Å²) in [6, 6.07) is 14.0. The summed E-state index contributed by atoms with van der Waals surface area (Å²) in [7, 11) is 0. The zero-order valence-electron chi connectivity index (χ0n) is 17.3. The van der Waals surface area contributed by atoms with Gasteiger partial charge in [0, 0.05) is 24.3 Å². The van der Waals surface area contributed by atoms with Crippen LogP contribution in [0, 0.1) is 0 Å². The van der Waals surface area contributed by atoms with Crippen LogP contribution in [0.4, 0.5) is 17.6 Å². The van der Waals surface area contributed by atoms with Crippen LogP contribution in [-0.4, -0.2) is 53.4 Å². The van der Waals surface area contributed by atoms with Gasteiger partial charge in [0.25, 0.3) is 0 Å². The number of aliphatic hydroxyl groups is 1. The molecule has 0 spiro atoms. The number of nitrogens with one attached hydrogen (secondary N) is 1. The van der Waals surface area contributed by atoms with E-state index in [-0.39, 0.29) is 12.6 Å². The number of para-hydroxylation sites is 1. The van der Waals surface area contributed by atoms with Gasteiger partial charge in [0.15, 0.2) is 5.82 Å². The molecule has 1 saturated heterocycles. The van der Waals surface area contributed by atoms with Crippen LogP contribution in [0.2, 0.25) is 0 Å². The van der Waals surface area contributed by atoms with Gasteiger partial charge in [-0.25, -0.2) is 9.50 Å². The quantitative estimate of drug-likeness (QED) is 0.446. The Hall–Kier alpha value is -3.98. The number of aromatic nitrogens is 6. The summed E-state index contributed by atoms with van der Waals surface area (Å²) in [5, 5.41) is 18.8. The van der Waals surface area contributed by atoms with Crippen molar-refractivity contribution in [3.05, 3.63) is 67.4 Å². The van der Waals surface area contributed by atoms with Crippen molar-refractivity contribution in [1.82, 2.24) is 29.1 Å². The van der Waals surface area contributed by atoms with Crippen molar-refractivity contribution < 1.29 is 5.11 Å². The van der Waals surface area contributed by atoms with Crippen LogP contribution in [0.1, 0.15) is 12.8 Å². The molecule has 0 aliphatic carbocycles. The van der Waals surface area contributed by atoms with Gasteiger partial charge in [-0.2, -0.15) is 4.98 Å². The predicted octanol–water partition coefficient (Wildman–Crippen LogP) is 3.17. The van der Waals surface area contributed by atoms with Crippen molar-refractivity contribution in [3.63, 3.8) is 0 Å². The SMILES string of the molecule is OCC1CCCN1c1nc(Nc2cn(-c3ccnc4ccccc34)cn2)c2cccn2n1. The number of hydrogen-bond donors (Lipinski definition) is 2. The average molecular weight is 426 g/mol. The van der Waals surface area contributed by atoms with Gasteiger partial charge >= 0.3 is 0 Å². The normalized spacial score (nSPS) is 16.3. The van der Waals surface area contributed by atoms with Crippen molar-refractivity contribution in [2.75, 3.05) is 23.4 Å². The number of anilines is 3. The number of nitrogens with zero attached hydrogens (tertiary/aromatic N) is 7. The summed E-state index contributed by atoms with van der Waals surface area (Å²) in [5.41, 5.74) is 2.81. The molecule has 6 rings (SSSR count). The second kappa shape index (κ2) is 7.61. The van der Waals surface area contributed by atoms with Crippen molar-refractivity contribution >= 4 is 34.0 Å². The van der Waals surface area contributed by atoms with Gasteiger partial charge in [0.05, 0.1) is 30.0 Å². The standard InChI is InChI=1S/C23H22N8O/c32-14-16-5-3-11-30(16)23-27-22(20-8-4-12-31(20)28-23)26-21-13-29(15-25-21)19-9-10-24-18-7-2-1-6-17(18)19/h1-2,4,6-10,12-13,15-16,32H,3,5,11,14H2,(H,26,27,28). The molecule has 0 amide bonds. The highest BCUT2D eigenvalue weighted by Gasteiger charge is 2.27. The van der Waals surface area contributed by atoms with Crippen LogP contribution < -0.4 is 10.2 Å². The van der Waals surface area contributed by atoms with Gasteiger partial charge in [0.2, 0.25) is 5.95 Å². The molecule has 32 heavy (non-hydrogen) atoms. The zero-order chi connectivity index (χ0) is 21.5. The molecule has 1 aliphatic rings. The fraction of sp³-hybridized carbons (Fsp3) is 0.217. The third kappa shape index (κ3) is 3.14. The molecule has 9 nitrogen and oxygen atoms in total. The number of hydrogen-bond acceptors (Lipinski definition) is 7. The van der Waals surface area contributed by atoms with E-state index in [0.29, 0.717) is 17.6 Å². The smallest absolute Gasteiger partial charge is 0.245 e. The van der Waals surface area contributed by atoms with Gasteiger partial charge in [-0.1, -0.05) is 18.2 Å². The molecule has 0 bridgehead atoms. The largest absolute Gasteiger partial charge is 0.394 e. The Labute approximate surface area is 184 Å². The van der Waals surface area contributed by atoms with Crippen molar-refractivity contribution in [3.8, 4) is 5.69 Å². The average Bonchev–Trinajstić information content (AvgIpc) is 3.58. The Bertz CT molecular complexity index is 1400. The lowest BCUT2D eigenvalue weighted by molar-refractivity contribution is 0.265. The number of benzene rings is 1. The molecule has 160 valence electrons. The predicted molar refractivity (Wildman–Crippen MR) is 123 cm³/mol. The van der Waals surface area contributed by atoms with E-state index in [9.17, 15) is 5.11 Å². The molecule has 4 aromatic heterocycles. The minimum absolute atomic E-state index is 0.0510. The summed E-state index contributed by atoms with van der Waals surface area (Å²) in [5.74, 6) is 1.96. The van der Waals surface area contributed by atoms with E-state index in [1.54, 1.807) is 12.5 Å². The molecule has 1 fully saturated rings. The number of pyridine rings is 1. The molecular weight excluding hydrogens is 404 g/mol. The topological polar surface area (TPSA) is 96.4 Å². The lowest BCUT2D eigenvalue weighted by atomic mass is 10.2. The van der Waals surface area contributed by atoms with Gasteiger partial charge in [0.1, 0.15) is 17.7 Å². The van der Waals surface area contributed by atoms with E-state index >= 15 is 0 Å². The van der Waals surface area contributed by atoms with Gasteiger partial charge < -0.3 is 19.9 Å². The van der Waals surface area contributed by atoms with Gasteiger partial charge in [-0.3, -0.25) is 4.98 Å². The van der Waals surface area contributed by atoms with Crippen LogP contribution in [0.3, 0.4) is 0 Å². The minimum atomic E-state index is 0.0510. The minimum Gasteiger partial charge on any atom is -0.394 e. The molecule has 2 N–H and O–H groups in total. The summed E-state index contributed by atoms with van der Waals surface area (Å²) in [6.45, 7) is 0.932. The Balaban J connectivity index is 1.36. The van der Waals surface area contributed by atoms with Crippen molar-refractivity contribution in [2.45, 2.75) is 18.9 Å². The van der Waals surface area contributed by atoms with Crippen molar-refractivity contribution in [1.29, 1.82) is 0 Å². The fourth-order valence-corrected chi connectivity index (χ4v) is 4.37. The Kier molecular flexibility index (Phi) is 4.46. The second-order valence-electron chi connectivity index (χ2n) is 7.91. The molecule has 9 heteroatoms. The fourth-order valence-electron chi connectivity index (χ4n) is 4.37. The Morgan fingerprint density at radius 2 is 2.03 bits per heavy atom. The molecule has 1 unspecified atom stereocenters. The third-order valence-electron chi connectivity index (χ3n) is 5.96. The van der Waals surface area contributed by atoms with Crippen molar-refractivity contribution in [2.24, 2.45) is 0 Å². The number of aliphatic hydroxyl groups excluding tert-OH is 1. The van der Waals surface area contributed by atoms with Crippen LogP contribution >= 0.6 is 0 Å². The van der Waals surface area contributed by atoms with Gasteiger partial charge in [-0.15, -0.1) is 5.10 Å². The Morgan fingerprint density at radius 1 is 1.09 bits per heavy atom. The summed E-state index contributed by atoms with van der Waals surface area (Å²) in [6.07, 6.45) is 9.39. The first-order chi connectivity index (χ1) is 15.8. The molecule has 1 atom stereocenters. The first-order valence-corrected chi connectivity index (χ1v) is 10.7. The molecule has 1 aliphatic heterocycles. The van der Waals surface area contributed by atoms with E-state index < -0.39 is 0 Å². The van der Waals surface area contributed by atoms with E-state index in [4.69, 9.17) is 4.98 Å². The summed E-state index contributed by atoms with van der Waals surface area (Å²) in [4.78, 5) is 15.9. The van der Waals surface area contributed by atoms with Crippen LogP contribution in [0.15, 0.2) is 67.4 Å². The monoisotopic (exact) mass is 426 g/mol. The van der Waals surface area contributed by atoms with Crippen LogP contribution in [0.5, 0.6) is 0 Å². The number of fused-ring (bicyclic) bond motifs is 2. The number of imidazole rings is 1. The zero-order valence-corrected chi connectivity index (χ0v) is 17.3. The van der Waals surface area contributed by atoms with Crippen LogP contribution in [0.25, 0.3) is 22.1 Å². The molecule has 1 aromatic carbocycles. The lowest BCUT2D eigenvalue weighted by Gasteiger charge is -2.23. The maximum atomic E-state index is 9.72. The molecular formula is C23H22N8O. The maximum Gasteiger partial charge on any atom is 0.245 e. The first kappa shape index (κ1) is 18.8. The van der Waals surface area contributed by atoms with E-state index in [1.807, 2.05) is 57.9 Å². The third-order valence-corrected chi connectivity index (χ3v) is 5.96.